The van der Waals surface area contributed by atoms with Crippen LogP contribution in [0.4, 0.5) is 0 Å². The summed E-state index contributed by atoms with van der Waals surface area (Å²) in [6.45, 7) is 6.19. The number of aliphatic hydroxyl groups excluding tert-OH is 1. The summed E-state index contributed by atoms with van der Waals surface area (Å²) in [6, 6.07) is 14.7. The zero-order valence-electron chi connectivity index (χ0n) is 12.2. The van der Waals surface area contributed by atoms with Gasteiger partial charge >= 0.3 is 0 Å². The van der Waals surface area contributed by atoms with Crippen LogP contribution < -0.4 is 5.32 Å². The lowest BCUT2D eigenvalue weighted by Gasteiger charge is -2.33. The molecule has 0 saturated heterocycles. The van der Waals surface area contributed by atoms with Gasteiger partial charge in [0.2, 0.25) is 0 Å². The highest BCUT2D eigenvalue weighted by molar-refractivity contribution is 7.09. The Morgan fingerprint density at radius 3 is 2.50 bits per heavy atom. The van der Waals surface area contributed by atoms with Crippen LogP contribution in [0.1, 0.15) is 30.2 Å². The first kappa shape index (κ1) is 15.2. The van der Waals surface area contributed by atoms with E-state index in [0.717, 1.165) is 13.1 Å². The summed E-state index contributed by atoms with van der Waals surface area (Å²) >= 11 is 1.77. The van der Waals surface area contributed by atoms with Crippen molar-refractivity contribution >= 4 is 11.3 Å². The molecule has 2 rings (SSSR count). The zero-order valence-corrected chi connectivity index (χ0v) is 13.0. The van der Waals surface area contributed by atoms with Gasteiger partial charge in [-0.3, -0.25) is 0 Å². The van der Waals surface area contributed by atoms with Crippen molar-refractivity contribution in [1.29, 1.82) is 0 Å². The average molecular weight is 289 g/mol. The van der Waals surface area contributed by atoms with Gasteiger partial charge in [-0.1, -0.05) is 50.2 Å². The molecule has 1 heterocycles. The van der Waals surface area contributed by atoms with E-state index in [1.54, 1.807) is 11.3 Å². The van der Waals surface area contributed by atoms with Crippen LogP contribution in [0.25, 0.3) is 0 Å². The minimum absolute atomic E-state index is 0.135. The van der Waals surface area contributed by atoms with Crippen LogP contribution in [0.5, 0.6) is 0 Å². The Balaban J connectivity index is 2.03. The van der Waals surface area contributed by atoms with E-state index in [1.807, 2.05) is 6.07 Å². The highest BCUT2D eigenvalue weighted by Crippen LogP contribution is 2.34. The van der Waals surface area contributed by atoms with E-state index < -0.39 is 0 Å². The van der Waals surface area contributed by atoms with Gasteiger partial charge in [0.05, 0.1) is 0 Å². The molecule has 20 heavy (non-hydrogen) atoms. The molecule has 108 valence electrons. The number of benzene rings is 1. The molecule has 0 aliphatic rings. The maximum absolute atomic E-state index is 9.68. The highest BCUT2D eigenvalue weighted by Gasteiger charge is 2.29. The second-order valence-electron chi connectivity index (χ2n) is 5.82. The van der Waals surface area contributed by atoms with E-state index in [4.69, 9.17) is 0 Å². The van der Waals surface area contributed by atoms with Crippen molar-refractivity contribution in [2.24, 2.45) is 5.41 Å². The van der Waals surface area contributed by atoms with Gasteiger partial charge in [0, 0.05) is 30.5 Å². The van der Waals surface area contributed by atoms with E-state index in [0.29, 0.717) is 5.92 Å². The molecule has 2 nitrogen and oxygen atoms in total. The minimum Gasteiger partial charge on any atom is -0.396 e. The SMILES string of the molecule is CC(C)(CO)C(CNCc1cccs1)c1ccccc1. The summed E-state index contributed by atoms with van der Waals surface area (Å²) in [5.74, 6) is 0.300. The number of thiophene rings is 1. The van der Waals surface area contributed by atoms with Gasteiger partial charge in [0.15, 0.2) is 0 Å². The third kappa shape index (κ3) is 3.92. The first-order valence-corrected chi connectivity index (χ1v) is 7.90. The standard InChI is InChI=1S/C17H23NOS/c1-17(2,13-19)16(14-7-4-3-5-8-14)12-18-11-15-9-6-10-20-15/h3-10,16,18-19H,11-13H2,1-2H3. The molecule has 0 aliphatic carbocycles. The van der Waals surface area contributed by atoms with Gasteiger partial charge in [0.25, 0.3) is 0 Å². The maximum atomic E-state index is 9.68. The van der Waals surface area contributed by atoms with Crippen LogP contribution >= 0.6 is 11.3 Å². The molecule has 0 radical (unpaired) electrons. The monoisotopic (exact) mass is 289 g/mol. The molecule has 0 saturated carbocycles. The fourth-order valence-electron chi connectivity index (χ4n) is 2.39. The summed E-state index contributed by atoms with van der Waals surface area (Å²) in [5, 5.41) is 15.3. The second kappa shape index (κ2) is 7.02. The smallest absolute Gasteiger partial charge is 0.0488 e. The van der Waals surface area contributed by atoms with E-state index >= 15 is 0 Å². The summed E-state index contributed by atoms with van der Waals surface area (Å²) < 4.78 is 0. The molecule has 1 atom stereocenters. The predicted octanol–water partition coefficient (Wildman–Crippen LogP) is 3.64. The quantitative estimate of drug-likeness (QED) is 0.815. The van der Waals surface area contributed by atoms with Crippen molar-refractivity contribution in [3.8, 4) is 0 Å². The van der Waals surface area contributed by atoms with Crippen molar-refractivity contribution < 1.29 is 5.11 Å². The molecule has 1 unspecified atom stereocenters. The molecule has 2 N–H and O–H groups in total. The van der Waals surface area contributed by atoms with Crippen molar-refractivity contribution in [2.45, 2.75) is 26.3 Å². The first-order valence-electron chi connectivity index (χ1n) is 7.02. The molecule has 1 aromatic heterocycles. The lowest BCUT2D eigenvalue weighted by atomic mass is 9.75. The van der Waals surface area contributed by atoms with Gasteiger partial charge in [-0.25, -0.2) is 0 Å². The molecule has 3 heteroatoms. The van der Waals surface area contributed by atoms with Gasteiger partial charge in [-0.15, -0.1) is 11.3 Å². The van der Waals surface area contributed by atoms with Crippen molar-refractivity contribution in [1.82, 2.24) is 5.32 Å². The van der Waals surface area contributed by atoms with E-state index in [-0.39, 0.29) is 12.0 Å². The lowest BCUT2D eigenvalue weighted by molar-refractivity contribution is 0.129. The first-order chi connectivity index (χ1) is 9.63. The number of hydrogen-bond donors (Lipinski definition) is 2. The summed E-state index contributed by atoms with van der Waals surface area (Å²) in [6.07, 6.45) is 0. The molecule has 0 amide bonds. The molecule has 0 aliphatic heterocycles. The van der Waals surface area contributed by atoms with Crippen LogP contribution in [0.2, 0.25) is 0 Å². The highest BCUT2D eigenvalue weighted by atomic mass is 32.1. The molecule has 0 fully saturated rings. The Labute approximate surface area is 125 Å². The zero-order chi connectivity index (χ0) is 14.4. The van der Waals surface area contributed by atoms with Gasteiger partial charge < -0.3 is 10.4 Å². The topological polar surface area (TPSA) is 32.3 Å². The predicted molar refractivity (Wildman–Crippen MR) is 86.1 cm³/mol. The average Bonchev–Trinajstić information content (AvgIpc) is 2.97. The summed E-state index contributed by atoms with van der Waals surface area (Å²) in [7, 11) is 0. The van der Waals surface area contributed by atoms with Gasteiger partial charge in [-0.2, -0.15) is 0 Å². The molecule has 2 aromatic rings. The van der Waals surface area contributed by atoms with Crippen LogP contribution in [0.15, 0.2) is 47.8 Å². The molecular weight excluding hydrogens is 266 g/mol. The largest absolute Gasteiger partial charge is 0.396 e. The van der Waals surface area contributed by atoms with E-state index in [1.165, 1.54) is 10.4 Å². The van der Waals surface area contributed by atoms with Gasteiger partial charge in [0.1, 0.15) is 0 Å². The van der Waals surface area contributed by atoms with Crippen LogP contribution in [-0.2, 0) is 6.54 Å². The maximum Gasteiger partial charge on any atom is 0.0488 e. The molecule has 0 bridgehead atoms. The number of hydrogen-bond acceptors (Lipinski definition) is 3. The molecular formula is C17H23NOS. The van der Waals surface area contributed by atoms with Crippen LogP contribution in [0.3, 0.4) is 0 Å². The summed E-state index contributed by atoms with van der Waals surface area (Å²) in [5.41, 5.74) is 1.15. The van der Waals surface area contributed by atoms with Crippen LogP contribution in [0, 0.1) is 5.41 Å². The Kier molecular flexibility index (Phi) is 5.35. The molecule has 0 spiro atoms. The van der Waals surface area contributed by atoms with E-state index in [9.17, 15) is 5.11 Å². The third-order valence-corrected chi connectivity index (χ3v) is 4.66. The second-order valence-corrected chi connectivity index (χ2v) is 6.85. The number of rotatable bonds is 7. The van der Waals surface area contributed by atoms with Crippen molar-refractivity contribution in [3.63, 3.8) is 0 Å². The normalized spacial score (nSPS) is 13.3. The van der Waals surface area contributed by atoms with Gasteiger partial charge in [-0.05, 0) is 22.4 Å². The van der Waals surface area contributed by atoms with Crippen molar-refractivity contribution in [2.75, 3.05) is 13.2 Å². The van der Waals surface area contributed by atoms with Crippen LogP contribution in [-0.4, -0.2) is 18.3 Å². The van der Waals surface area contributed by atoms with Crippen molar-refractivity contribution in [3.05, 3.63) is 58.3 Å². The Hall–Kier alpha value is -1.16. The lowest BCUT2D eigenvalue weighted by Crippen LogP contribution is -2.34. The Morgan fingerprint density at radius 1 is 1.15 bits per heavy atom. The van der Waals surface area contributed by atoms with E-state index in [2.05, 4.69) is 60.9 Å². The number of nitrogens with one attached hydrogen (secondary N) is 1. The number of aliphatic hydroxyl groups is 1. The Bertz CT molecular complexity index is 493. The Morgan fingerprint density at radius 2 is 1.90 bits per heavy atom. The fourth-order valence-corrected chi connectivity index (χ4v) is 3.07. The fraction of sp³-hybridized carbons (Fsp3) is 0.412. The minimum atomic E-state index is -0.135. The molecule has 1 aromatic carbocycles. The summed E-state index contributed by atoms with van der Waals surface area (Å²) in [4.78, 5) is 1.35. The third-order valence-electron chi connectivity index (χ3n) is 3.78.